The van der Waals surface area contributed by atoms with Crippen molar-refractivity contribution in [3.8, 4) is 0 Å². The molecule has 1 aromatic carbocycles. The predicted octanol–water partition coefficient (Wildman–Crippen LogP) is 3.96. The number of benzene rings is 1. The third-order valence-electron chi connectivity index (χ3n) is 4.87. The van der Waals surface area contributed by atoms with Gasteiger partial charge in [-0.15, -0.1) is 0 Å². The summed E-state index contributed by atoms with van der Waals surface area (Å²) in [6.45, 7) is 4.42. The van der Waals surface area contributed by atoms with E-state index in [1.807, 2.05) is 0 Å². The van der Waals surface area contributed by atoms with Crippen molar-refractivity contribution in [3.63, 3.8) is 0 Å². The lowest BCUT2D eigenvalue weighted by Crippen LogP contribution is -2.47. The lowest BCUT2D eigenvalue weighted by molar-refractivity contribution is -0.140. The molecule has 1 atom stereocenters. The largest absolute Gasteiger partial charge is 0.354 e. The van der Waals surface area contributed by atoms with E-state index in [0.717, 1.165) is 24.8 Å². The second-order valence-corrected chi connectivity index (χ2v) is 6.83. The molecular formula is C21H29FN2O2. The van der Waals surface area contributed by atoms with Crippen LogP contribution in [0.5, 0.6) is 0 Å². The molecule has 4 nitrogen and oxygen atoms in total. The minimum Gasteiger partial charge on any atom is -0.354 e. The van der Waals surface area contributed by atoms with Gasteiger partial charge in [0.05, 0.1) is 0 Å². The van der Waals surface area contributed by atoms with Crippen LogP contribution < -0.4 is 5.32 Å². The van der Waals surface area contributed by atoms with Crippen molar-refractivity contribution in [3.05, 3.63) is 47.3 Å². The molecule has 0 radical (unpaired) electrons. The Kier molecular flexibility index (Phi) is 7.82. The van der Waals surface area contributed by atoms with Crippen LogP contribution in [-0.4, -0.2) is 29.3 Å². The van der Waals surface area contributed by atoms with Crippen LogP contribution >= 0.6 is 0 Å². The summed E-state index contributed by atoms with van der Waals surface area (Å²) in [6, 6.07) is 5.46. The number of hydrogen-bond donors (Lipinski definition) is 1. The van der Waals surface area contributed by atoms with Gasteiger partial charge in [0.25, 0.3) is 0 Å². The number of nitrogens with one attached hydrogen (secondary N) is 1. The Labute approximate surface area is 155 Å². The van der Waals surface area contributed by atoms with Crippen LogP contribution in [0.2, 0.25) is 0 Å². The quantitative estimate of drug-likeness (QED) is 0.714. The van der Waals surface area contributed by atoms with Crippen LogP contribution in [0.25, 0.3) is 0 Å². The second-order valence-electron chi connectivity index (χ2n) is 6.83. The number of allylic oxidation sites excluding steroid dienone is 1. The summed E-state index contributed by atoms with van der Waals surface area (Å²) in [5.74, 6) is -0.554. The first kappa shape index (κ1) is 20.1. The van der Waals surface area contributed by atoms with E-state index >= 15 is 0 Å². The summed E-state index contributed by atoms with van der Waals surface area (Å²) >= 11 is 0. The fourth-order valence-corrected chi connectivity index (χ4v) is 3.20. The number of nitrogens with zero attached hydrogens (tertiary/aromatic N) is 1. The van der Waals surface area contributed by atoms with Crippen LogP contribution in [0.4, 0.5) is 4.39 Å². The molecule has 0 saturated heterocycles. The van der Waals surface area contributed by atoms with Crippen molar-refractivity contribution >= 4 is 11.8 Å². The maximum atomic E-state index is 13.1. The number of amides is 2. The summed E-state index contributed by atoms with van der Waals surface area (Å²) in [5, 5.41) is 2.95. The maximum Gasteiger partial charge on any atom is 0.242 e. The topological polar surface area (TPSA) is 49.4 Å². The minimum atomic E-state index is -0.562. The molecule has 0 heterocycles. The van der Waals surface area contributed by atoms with E-state index in [0.29, 0.717) is 19.5 Å². The van der Waals surface area contributed by atoms with Gasteiger partial charge in [0.2, 0.25) is 11.8 Å². The van der Waals surface area contributed by atoms with Crippen molar-refractivity contribution in [2.24, 2.45) is 0 Å². The molecule has 0 aliphatic heterocycles. The Balaban J connectivity index is 1.92. The molecule has 1 aliphatic rings. The van der Waals surface area contributed by atoms with Gasteiger partial charge in [-0.1, -0.05) is 30.7 Å². The minimum absolute atomic E-state index is 0.0908. The zero-order chi connectivity index (χ0) is 18.9. The summed E-state index contributed by atoms with van der Waals surface area (Å²) in [4.78, 5) is 26.4. The standard InChI is InChI=1S/C21H29FN2O2/c1-3-20(25)24(15-18-9-11-19(22)12-10-18)16(2)21(26)23-14-13-17-7-5-4-6-8-17/h7,9-12,16H,3-6,8,13-15H2,1-2H3,(H,23,26)/t16-/m1/s1. The van der Waals surface area contributed by atoms with Crippen molar-refractivity contribution in [1.29, 1.82) is 0 Å². The monoisotopic (exact) mass is 360 g/mol. The fraction of sp³-hybridized carbons (Fsp3) is 0.524. The van der Waals surface area contributed by atoms with Gasteiger partial charge < -0.3 is 10.2 Å². The van der Waals surface area contributed by atoms with E-state index in [9.17, 15) is 14.0 Å². The van der Waals surface area contributed by atoms with Crippen LogP contribution in [0.3, 0.4) is 0 Å². The summed E-state index contributed by atoms with van der Waals surface area (Å²) in [7, 11) is 0. The van der Waals surface area contributed by atoms with Crippen molar-refractivity contribution < 1.29 is 14.0 Å². The van der Waals surface area contributed by atoms with Crippen LogP contribution in [-0.2, 0) is 16.1 Å². The van der Waals surface area contributed by atoms with Gasteiger partial charge in [0, 0.05) is 19.5 Å². The Morgan fingerprint density at radius 2 is 1.96 bits per heavy atom. The van der Waals surface area contributed by atoms with E-state index in [4.69, 9.17) is 0 Å². The summed E-state index contributed by atoms with van der Waals surface area (Å²) in [5.41, 5.74) is 2.22. The molecule has 0 saturated carbocycles. The highest BCUT2D eigenvalue weighted by Crippen LogP contribution is 2.19. The second kappa shape index (κ2) is 10.1. The number of rotatable bonds is 8. The van der Waals surface area contributed by atoms with E-state index in [1.165, 1.54) is 30.5 Å². The first-order valence-corrected chi connectivity index (χ1v) is 9.50. The summed E-state index contributed by atoms with van der Waals surface area (Å²) in [6.07, 6.45) is 8.22. The first-order valence-electron chi connectivity index (χ1n) is 9.50. The van der Waals surface area contributed by atoms with E-state index in [-0.39, 0.29) is 17.6 Å². The third kappa shape index (κ3) is 5.97. The molecule has 0 spiro atoms. The predicted molar refractivity (Wildman–Crippen MR) is 101 cm³/mol. The van der Waals surface area contributed by atoms with Crippen molar-refractivity contribution in [2.75, 3.05) is 6.54 Å². The smallest absolute Gasteiger partial charge is 0.242 e. The van der Waals surface area contributed by atoms with Crippen LogP contribution in [0.15, 0.2) is 35.9 Å². The zero-order valence-electron chi connectivity index (χ0n) is 15.8. The SMILES string of the molecule is CCC(=O)N(Cc1ccc(F)cc1)[C@H](C)C(=O)NCCC1=CCCCC1. The lowest BCUT2D eigenvalue weighted by atomic mass is 9.97. The molecule has 0 fully saturated rings. The lowest BCUT2D eigenvalue weighted by Gasteiger charge is -2.28. The first-order chi connectivity index (χ1) is 12.5. The van der Waals surface area contributed by atoms with E-state index in [2.05, 4.69) is 11.4 Å². The normalized spacial score (nSPS) is 15.1. The highest BCUT2D eigenvalue weighted by atomic mass is 19.1. The van der Waals surface area contributed by atoms with Crippen molar-refractivity contribution in [2.45, 2.75) is 65.0 Å². The van der Waals surface area contributed by atoms with Crippen LogP contribution in [0, 0.1) is 5.82 Å². The Hall–Kier alpha value is -2.17. The average Bonchev–Trinajstić information content (AvgIpc) is 2.67. The van der Waals surface area contributed by atoms with Gasteiger partial charge in [-0.2, -0.15) is 0 Å². The van der Waals surface area contributed by atoms with Gasteiger partial charge in [-0.3, -0.25) is 9.59 Å². The summed E-state index contributed by atoms with van der Waals surface area (Å²) < 4.78 is 13.1. The molecule has 26 heavy (non-hydrogen) atoms. The van der Waals surface area contributed by atoms with Gasteiger partial charge in [0.15, 0.2) is 0 Å². The van der Waals surface area contributed by atoms with E-state index in [1.54, 1.807) is 30.9 Å². The third-order valence-corrected chi connectivity index (χ3v) is 4.87. The maximum absolute atomic E-state index is 13.1. The van der Waals surface area contributed by atoms with Gasteiger partial charge in [0.1, 0.15) is 11.9 Å². The Morgan fingerprint density at radius 1 is 1.23 bits per heavy atom. The molecule has 142 valence electrons. The highest BCUT2D eigenvalue weighted by molar-refractivity contribution is 5.87. The molecule has 1 aromatic rings. The van der Waals surface area contributed by atoms with E-state index < -0.39 is 6.04 Å². The zero-order valence-corrected chi connectivity index (χ0v) is 15.8. The molecule has 2 amide bonds. The Morgan fingerprint density at radius 3 is 2.58 bits per heavy atom. The average molecular weight is 360 g/mol. The Bertz CT molecular complexity index is 640. The number of halogens is 1. The number of carbonyl (C=O) groups excluding carboxylic acids is 2. The molecule has 0 unspecified atom stereocenters. The number of hydrogen-bond acceptors (Lipinski definition) is 2. The molecule has 1 N–H and O–H groups in total. The van der Waals surface area contributed by atoms with Crippen molar-refractivity contribution in [1.82, 2.24) is 10.2 Å². The fourth-order valence-electron chi connectivity index (χ4n) is 3.20. The van der Waals surface area contributed by atoms with Crippen LogP contribution in [0.1, 0.15) is 57.9 Å². The van der Waals surface area contributed by atoms with Gasteiger partial charge >= 0.3 is 0 Å². The molecule has 1 aliphatic carbocycles. The molecule has 5 heteroatoms. The molecule has 0 bridgehead atoms. The van der Waals surface area contributed by atoms with Gasteiger partial charge in [-0.05, 0) is 56.7 Å². The highest BCUT2D eigenvalue weighted by Gasteiger charge is 2.24. The number of carbonyl (C=O) groups is 2. The molecule has 2 rings (SSSR count). The van der Waals surface area contributed by atoms with Gasteiger partial charge in [-0.25, -0.2) is 4.39 Å². The molecule has 0 aromatic heterocycles. The molecular weight excluding hydrogens is 331 g/mol.